The Labute approximate surface area is 165 Å². The highest BCUT2D eigenvalue weighted by atomic mass is 15.2. The minimum absolute atomic E-state index is 0.424. The van der Waals surface area contributed by atoms with Crippen molar-refractivity contribution in [3.63, 3.8) is 0 Å². The van der Waals surface area contributed by atoms with Crippen molar-refractivity contribution in [2.75, 3.05) is 23.7 Å². The second-order valence-electron chi connectivity index (χ2n) is 7.13. The molecule has 28 heavy (non-hydrogen) atoms. The first-order valence-corrected chi connectivity index (χ1v) is 9.66. The molecule has 0 amide bonds. The SMILES string of the molecule is Cc1cnc(Nc2ccncn2)nc1NC1CCN(Cc2ccccc2)CC1. The molecule has 0 saturated carbocycles. The smallest absolute Gasteiger partial charge is 0.230 e. The fourth-order valence-corrected chi connectivity index (χ4v) is 3.40. The summed E-state index contributed by atoms with van der Waals surface area (Å²) < 4.78 is 0. The molecule has 2 N–H and O–H groups in total. The molecular formula is C21H25N7. The lowest BCUT2D eigenvalue weighted by atomic mass is 10.0. The highest BCUT2D eigenvalue weighted by Crippen LogP contribution is 2.21. The number of rotatable bonds is 6. The van der Waals surface area contributed by atoms with Crippen LogP contribution in [0.15, 0.2) is 55.1 Å². The molecule has 0 bridgehead atoms. The van der Waals surface area contributed by atoms with E-state index in [1.54, 1.807) is 12.3 Å². The molecular weight excluding hydrogens is 350 g/mol. The van der Waals surface area contributed by atoms with E-state index >= 15 is 0 Å². The molecule has 3 heterocycles. The molecule has 4 rings (SSSR count). The average Bonchev–Trinajstić information content (AvgIpc) is 2.73. The number of hydrogen-bond acceptors (Lipinski definition) is 7. The van der Waals surface area contributed by atoms with Crippen molar-refractivity contribution >= 4 is 17.6 Å². The van der Waals surface area contributed by atoms with E-state index < -0.39 is 0 Å². The monoisotopic (exact) mass is 375 g/mol. The second kappa shape index (κ2) is 8.75. The van der Waals surface area contributed by atoms with E-state index in [1.807, 2.05) is 13.1 Å². The molecule has 1 fully saturated rings. The largest absolute Gasteiger partial charge is 0.367 e. The van der Waals surface area contributed by atoms with Gasteiger partial charge in [-0.25, -0.2) is 15.0 Å². The van der Waals surface area contributed by atoms with Crippen LogP contribution in [-0.4, -0.2) is 44.0 Å². The van der Waals surface area contributed by atoms with Crippen LogP contribution in [-0.2, 0) is 6.54 Å². The highest BCUT2D eigenvalue weighted by molar-refractivity contribution is 5.52. The van der Waals surface area contributed by atoms with Crippen molar-refractivity contribution < 1.29 is 0 Å². The van der Waals surface area contributed by atoms with Gasteiger partial charge in [-0.05, 0) is 31.4 Å². The van der Waals surface area contributed by atoms with Gasteiger partial charge in [0.1, 0.15) is 18.0 Å². The maximum atomic E-state index is 4.64. The van der Waals surface area contributed by atoms with Crippen LogP contribution in [0.4, 0.5) is 17.6 Å². The lowest BCUT2D eigenvalue weighted by Crippen LogP contribution is -2.38. The van der Waals surface area contributed by atoms with Crippen LogP contribution in [0, 0.1) is 6.92 Å². The number of nitrogens with one attached hydrogen (secondary N) is 2. The van der Waals surface area contributed by atoms with Crippen molar-refractivity contribution in [2.24, 2.45) is 0 Å². The number of likely N-dealkylation sites (tertiary alicyclic amines) is 1. The van der Waals surface area contributed by atoms with Gasteiger partial charge in [0.2, 0.25) is 5.95 Å². The molecule has 7 heteroatoms. The van der Waals surface area contributed by atoms with Crippen molar-refractivity contribution in [2.45, 2.75) is 32.4 Å². The summed E-state index contributed by atoms with van der Waals surface area (Å²) in [6.07, 6.45) is 7.23. The number of nitrogens with zero attached hydrogens (tertiary/aromatic N) is 5. The van der Waals surface area contributed by atoms with E-state index in [9.17, 15) is 0 Å². The summed E-state index contributed by atoms with van der Waals surface area (Å²) in [7, 11) is 0. The van der Waals surface area contributed by atoms with Crippen LogP contribution in [0.3, 0.4) is 0 Å². The van der Waals surface area contributed by atoms with E-state index in [0.717, 1.165) is 43.9 Å². The summed E-state index contributed by atoms with van der Waals surface area (Å²) in [6.45, 7) is 5.22. The summed E-state index contributed by atoms with van der Waals surface area (Å²) in [5.74, 6) is 2.10. The average molecular weight is 375 g/mol. The molecule has 144 valence electrons. The van der Waals surface area contributed by atoms with Crippen LogP contribution >= 0.6 is 0 Å². The summed E-state index contributed by atoms with van der Waals surface area (Å²) in [6, 6.07) is 12.9. The minimum atomic E-state index is 0.424. The maximum Gasteiger partial charge on any atom is 0.230 e. The van der Waals surface area contributed by atoms with E-state index in [1.165, 1.54) is 11.9 Å². The van der Waals surface area contributed by atoms with Gasteiger partial charge in [-0.2, -0.15) is 4.98 Å². The lowest BCUT2D eigenvalue weighted by Gasteiger charge is -2.32. The Morgan fingerprint density at radius 2 is 1.89 bits per heavy atom. The number of aromatic nitrogens is 4. The number of hydrogen-bond donors (Lipinski definition) is 2. The maximum absolute atomic E-state index is 4.64. The van der Waals surface area contributed by atoms with Crippen LogP contribution in [0.25, 0.3) is 0 Å². The lowest BCUT2D eigenvalue weighted by molar-refractivity contribution is 0.211. The Bertz CT molecular complexity index is 878. The zero-order chi connectivity index (χ0) is 19.2. The van der Waals surface area contributed by atoms with Crippen molar-refractivity contribution in [1.29, 1.82) is 0 Å². The molecule has 1 aliphatic heterocycles. The third-order valence-corrected chi connectivity index (χ3v) is 4.97. The predicted octanol–water partition coefficient (Wildman–Crippen LogP) is 3.40. The van der Waals surface area contributed by atoms with E-state index in [4.69, 9.17) is 0 Å². The molecule has 2 aromatic heterocycles. The van der Waals surface area contributed by atoms with Crippen LogP contribution < -0.4 is 10.6 Å². The summed E-state index contributed by atoms with van der Waals surface area (Å²) in [5, 5.41) is 6.73. The van der Waals surface area contributed by atoms with E-state index in [2.05, 4.69) is 65.8 Å². The van der Waals surface area contributed by atoms with Gasteiger partial charge >= 0.3 is 0 Å². The number of anilines is 3. The van der Waals surface area contributed by atoms with E-state index in [0.29, 0.717) is 17.8 Å². The summed E-state index contributed by atoms with van der Waals surface area (Å²) in [4.78, 5) is 19.6. The first kappa shape index (κ1) is 18.3. The third-order valence-electron chi connectivity index (χ3n) is 4.97. The Kier molecular flexibility index (Phi) is 5.72. The van der Waals surface area contributed by atoms with Gasteiger partial charge < -0.3 is 10.6 Å². The minimum Gasteiger partial charge on any atom is -0.367 e. The quantitative estimate of drug-likeness (QED) is 0.683. The molecule has 1 aliphatic rings. The van der Waals surface area contributed by atoms with Gasteiger partial charge in [0.05, 0.1) is 0 Å². The Morgan fingerprint density at radius 1 is 1.07 bits per heavy atom. The van der Waals surface area contributed by atoms with Gasteiger partial charge in [-0.3, -0.25) is 4.90 Å². The number of benzene rings is 1. The molecule has 1 aromatic carbocycles. The van der Waals surface area contributed by atoms with Gasteiger partial charge in [0.25, 0.3) is 0 Å². The second-order valence-corrected chi connectivity index (χ2v) is 7.13. The highest BCUT2D eigenvalue weighted by Gasteiger charge is 2.20. The van der Waals surface area contributed by atoms with Gasteiger partial charge in [0, 0.05) is 43.6 Å². The van der Waals surface area contributed by atoms with Crippen LogP contribution in [0.5, 0.6) is 0 Å². The molecule has 0 radical (unpaired) electrons. The zero-order valence-corrected chi connectivity index (χ0v) is 16.0. The first-order chi connectivity index (χ1) is 13.8. The van der Waals surface area contributed by atoms with Crippen molar-refractivity contribution in [3.8, 4) is 0 Å². The molecule has 7 nitrogen and oxygen atoms in total. The van der Waals surface area contributed by atoms with Crippen LogP contribution in [0.1, 0.15) is 24.0 Å². The van der Waals surface area contributed by atoms with Gasteiger partial charge in [-0.1, -0.05) is 30.3 Å². The predicted molar refractivity (Wildman–Crippen MR) is 110 cm³/mol. The molecule has 0 aliphatic carbocycles. The summed E-state index contributed by atoms with van der Waals surface area (Å²) >= 11 is 0. The van der Waals surface area contributed by atoms with Crippen LogP contribution in [0.2, 0.25) is 0 Å². The summed E-state index contributed by atoms with van der Waals surface area (Å²) in [5.41, 5.74) is 2.42. The molecule has 3 aromatic rings. The molecule has 0 spiro atoms. The third kappa shape index (κ3) is 4.80. The van der Waals surface area contributed by atoms with Gasteiger partial charge in [0.15, 0.2) is 0 Å². The molecule has 0 unspecified atom stereocenters. The fraction of sp³-hybridized carbons (Fsp3) is 0.333. The first-order valence-electron chi connectivity index (χ1n) is 9.66. The topological polar surface area (TPSA) is 78.9 Å². The molecule has 1 saturated heterocycles. The number of aryl methyl sites for hydroxylation is 1. The van der Waals surface area contributed by atoms with Crippen molar-refractivity contribution in [3.05, 3.63) is 66.2 Å². The van der Waals surface area contributed by atoms with Gasteiger partial charge in [-0.15, -0.1) is 0 Å². The van der Waals surface area contributed by atoms with E-state index in [-0.39, 0.29) is 0 Å². The van der Waals surface area contributed by atoms with Crippen molar-refractivity contribution in [1.82, 2.24) is 24.8 Å². The normalized spacial score (nSPS) is 15.3. The standard InChI is InChI=1S/C21H25N7/c1-16-13-23-21(26-19-7-10-22-15-24-19)27-20(16)25-18-8-11-28(12-9-18)14-17-5-3-2-4-6-17/h2-7,10,13,15,18H,8-9,11-12,14H2,1H3,(H2,22,23,24,25,26,27). The fourth-order valence-electron chi connectivity index (χ4n) is 3.40. The Hall–Kier alpha value is -3.06. The Morgan fingerprint density at radius 3 is 2.64 bits per heavy atom. The number of piperidine rings is 1. The zero-order valence-electron chi connectivity index (χ0n) is 16.0. The molecule has 0 atom stereocenters. The Balaban J connectivity index is 1.34.